The standard InChI is InChI=1S/C20H17NO2S/c22-21(23)19-10-12-20(13-11-19)24-15-14-16-6-8-18(9-7-16)17-4-2-1-3-5-17/h1-13H,14-15H2. The Hall–Kier alpha value is -2.59. The van der Waals surface area contributed by atoms with E-state index >= 15 is 0 Å². The second-order valence-electron chi connectivity index (χ2n) is 5.41. The number of thioether (sulfide) groups is 1. The molecule has 0 spiro atoms. The van der Waals surface area contributed by atoms with Gasteiger partial charge in [0.15, 0.2) is 0 Å². The minimum Gasteiger partial charge on any atom is -0.258 e. The highest BCUT2D eigenvalue weighted by molar-refractivity contribution is 7.99. The average molecular weight is 335 g/mol. The molecule has 0 radical (unpaired) electrons. The predicted molar refractivity (Wildman–Crippen MR) is 99.4 cm³/mol. The van der Waals surface area contributed by atoms with Crippen molar-refractivity contribution in [3.63, 3.8) is 0 Å². The molecular formula is C20H17NO2S. The first-order chi connectivity index (χ1) is 11.7. The van der Waals surface area contributed by atoms with Gasteiger partial charge in [-0.25, -0.2) is 0 Å². The Bertz CT molecular complexity index is 799. The van der Waals surface area contributed by atoms with Gasteiger partial charge in [0.25, 0.3) is 5.69 Å². The van der Waals surface area contributed by atoms with Crippen molar-refractivity contribution in [3.05, 3.63) is 94.5 Å². The first kappa shape index (κ1) is 16.3. The quantitative estimate of drug-likeness (QED) is 0.335. The molecule has 0 aromatic heterocycles. The molecule has 0 aliphatic rings. The molecule has 0 atom stereocenters. The topological polar surface area (TPSA) is 43.1 Å². The van der Waals surface area contributed by atoms with Crippen molar-refractivity contribution >= 4 is 17.4 Å². The lowest BCUT2D eigenvalue weighted by atomic mass is 10.0. The Kier molecular flexibility index (Phi) is 5.29. The van der Waals surface area contributed by atoms with Gasteiger partial charge in [0.1, 0.15) is 0 Å². The van der Waals surface area contributed by atoms with Crippen LogP contribution in [0.4, 0.5) is 5.69 Å². The summed E-state index contributed by atoms with van der Waals surface area (Å²) in [6.45, 7) is 0. The summed E-state index contributed by atoms with van der Waals surface area (Å²) in [6.07, 6.45) is 0.969. The predicted octanol–water partition coefficient (Wildman–Crippen LogP) is 5.60. The van der Waals surface area contributed by atoms with E-state index in [4.69, 9.17) is 0 Å². The summed E-state index contributed by atoms with van der Waals surface area (Å²) >= 11 is 1.71. The van der Waals surface area contributed by atoms with Crippen LogP contribution in [0.2, 0.25) is 0 Å². The van der Waals surface area contributed by atoms with Gasteiger partial charge in [-0.1, -0.05) is 54.6 Å². The van der Waals surface area contributed by atoms with Crippen LogP contribution in [-0.4, -0.2) is 10.7 Å². The van der Waals surface area contributed by atoms with Crippen LogP contribution in [-0.2, 0) is 6.42 Å². The SMILES string of the molecule is O=[N+]([O-])c1ccc(SCCc2ccc(-c3ccccc3)cc2)cc1. The zero-order chi connectivity index (χ0) is 16.8. The maximum Gasteiger partial charge on any atom is 0.269 e. The number of nitrogens with zero attached hydrogens (tertiary/aromatic N) is 1. The average Bonchev–Trinajstić information content (AvgIpc) is 2.63. The number of aryl methyl sites for hydroxylation is 1. The number of hydrogen-bond acceptors (Lipinski definition) is 3. The third-order valence-corrected chi connectivity index (χ3v) is 4.78. The van der Waals surface area contributed by atoms with E-state index < -0.39 is 0 Å². The fraction of sp³-hybridized carbons (Fsp3) is 0.100. The summed E-state index contributed by atoms with van der Waals surface area (Å²) in [6, 6.07) is 25.7. The van der Waals surface area contributed by atoms with Crippen LogP contribution >= 0.6 is 11.8 Å². The van der Waals surface area contributed by atoms with Crippen LogP contribution in [0.5, 0.6) is 0 Å². The molecule has 3 rings (SSSR count). The summed E-state index contributed by atoms with van der Waals surface area (Å²) < 4.78 is 0. The lowest BCUT2D eigenvalue weighted by Crippen LogP contribution is -1.90. The van der Waals surface area contributed by atoms with Crippen molar-refractivity contribution in [2.45, 2.75) is 11.3 Å². The molecular weight excluding hydrogens is 318 g/mol. The number of hydrogen-bond donors (Lipinski definition) is 0. The Balaban J connectivity index is 1.54. The molecule has 0 N–H and O–H groups in total. The minimum absolute atomic E-state index is 0.135. The van der Waals surface area contributed by atoms with Crippen molar-refractivity contribution in [1.82, 2.24) is 0 Å². The van der Waals surface area contributed by atoms with E-state index in [1.165, 1.54) is 16.7 Å². The fourth-order valence-corrected chi connectivity index (χ4v) is 3.35. The fourth-order valence-electron chi connectivity index (χ4n) is 2.45. The molecule has 0 aliphatic carbocycles. The summed E-state index contributed by atoms with van der Waals surface area (Å²) in [5, 5.41) is 10.6. The molecule has 3 aromatic carbocycles. The summed E-state index contributed by atoms with van der Waals surface area (Å²) in [5.41, 5.74) is 3.88. The monoisotopic (exact) mass is 335 g/mol. The van der Waals surface area contributed by atoms with Crippen molar-refractivity contribution in [2.24, 2.45) is 0 Å². The van der Waals surface area contributed by atoms with Gasteiger partial charge in [-0.3, -0.25) is 10.1 Å². The maximum absolute atomic E-state index is 10.6. The van der Waals surface area contributed by atoms with Gasteiger partial charge >= 0.3 is 0 Å². The lowest BCUT2D eigenvalue weighted by molar-refractivity contribution is -0.384. The minimum atomic E-state index is -0.372. The summed E-state index contributed by atoms with van der Waals surface area (Å²) in [7, 11) is 0. The van der Waals surface area contributed by atoms with E-state index in [0.717, 1.165) is 17.1 Å². The molecule has 0 heterocycles. The summed E-state index contributed by atoms with van der Waals surface area (Å²) in [4.78, 5) is 11.3. The van der Waals surface area contributed by atoms with Crippen LogP contribution in [0.15, 0.2) is 83.8 Å². The smallest absolute Gasteiger partial charge is 0.258 e. The third kappa shape index (κ3) is 4.24. The molecule has 0 saturated carbocycles. The van der Waals surface area contributed by atoms with Crippen LogP contribution in [0.3, 0.4) is 0 Å². The first-order valence-corrected chi connectivity index (χ1v) is 8.72. The van der Waals surface area contributed by atoms with E-state index in [9.17, 15) is 10.1 Å². The van der Waals surface area contributed by atoms with Gasteiger partial charge in [0.05, 0.1) is 4.92 Å². The van der Waals surface area contributed by atoms with E-state index in [2.05, 4.69) is 36.4 Å². The van der Waals surface area contributed by atoms with Crippen LogP contribution in [0, 0.1) is 10.1 Å². The maximum atomic E-state index is 10.6. The molecule has 0 amide bonds. The Morgan fingerprint density at radius 3 is 2.04 bits per heavy atom. The molecule has 3 aromatic rings. The molecule has 0 bridgehead atoms. The van der Waals surface area contributed by atoms with Gasteiger partial charge in [0, 0.05) is 22.8 Å². The highest BCUT2D eigenvalue weighted by Crippen LogP contribution is 2.23. The number of nitro benzene ring substituents is 1. The van der Waals surface area contributed by atoms with Crippen molar-refractivity contribution in [2.75, 3.05) is 5.75 Å². The molecule has 0 saturated heterocycles. The van der Waals surface area contributed by atoms with E-state index in [1.807, 2.05) is 18.2 Å². The van der Waals surface area contributed by atoms with Gasteiger partial charge in [-0.15, -0.1) is 11.8 Å². The Morgan fingerprint density at radius 1 is 0.792 bits per heavy atom. The Labute approximate surface area is 145 Å². The lowest BCUT2D eigenvalue weighted by Gasteiger charge is -2.05. The van der Waals surface area contributed by atoms with Gasteiger partial charge in [-0.2, -0.15) is 0 Å². The molecule has 3 nitrogen and oxygen atoms in total. The molecule has 0 fully saturated rings. The van der Waals surface area contributed by atoms with E-state index in [-0.39, 0.29) is 10.6 Å². The molecule has 0 unspecified atom stereocenters. The number of rotatable bonds is 6. The highest BCUT2D eigenvalue weighted by Gasteiger charge is 2.04. The van der Waals surface area contributed by atoms with Crippen LogP contribution < -0.4 is 0 Å². The second-order valence-corrected chi connectivity index (χ2v) is 6.58. The molecule has 120 valence electrons. The Morgan fingerprint density at radius 2 is 1.42 bits per heavy atom. The van der Waals surface area contributed by atoms with Crippen molar-refractivity contribution < 1.29 is 4.92 Å². The first-order valence-electron chi connectivity index (χ1n) is 7.74. The van der Waals surface area contributed by atoms with Crippen LogP contribution in [0.1, 0.15) is 5.56 Å². The number of benzene rings is 3. The van der Waals surface area contributed by atoms with E-state index in [0.29, 0.717) is 0 Å². The highest BCUT2D eigenvalue weighted by atomic mass is 32.2. The molecule has 0 aliphatic heterocycles. The van der Waals surface area contributed by atoms with Gasteiger partial charge < -0.3 is 0 Å². The number of nitro groups is 1. The van der Waals surface area contributed by atoms with Crippen molar-refractivity contribution in [3.8, 4) is 11.1 Å². The number of non-ortho nitro benzene ring substituents is 1. The van der Waals surface area contributed by atoms with Crippen molar-refractivity contribution in [1.29, 1.82) is 0 Å². The zero-order valence-corrected chi connectivity index (χ0v) is 13.9. The summed E-state index contributed by atoms with van der Waals surface area (Å²) in [5.74, 6) is 0.947. The zero-order valence-electron chi connectivity index (χ0n) is 13.1. The molecule has 24 heavy (non-hydrogen) atoms. The third-order valence-electron chi connectivity index (χ3n) is 3.77. The van der Waals surface area contributed by atoms with E-state index in [1.54, 1.807) is 36.0 Å². The van der Waals surface area contributed by atoms with Gasteiger partial charge in [0.2, 0.25) is 0 Å². The second kappa shape index (κ2) is 7.79. The largest absolute Gasteiger partial charge is 0.269 e. The molecule has 4 heteroatoms. The normalized spacial score (nSPS) is 10.5. The van der Waals surface area contributed by atoms with Crippen LogP contribution in [0.25, 0.3) is 11.1 Å². The van der Waals surface area contributed by atoms with Gasteiger partial charge in [-0.05, 0) is 35.2 Å².